The number of ether oxygens (including phenoxy) is 1. The molecule has 0 amide bonds. The zero-order valence-electron chi connectivity index (χ0n) is 18.8. The van der Waals surface area contributed by atoms with Crippen LogP contribution in [0.5, 0.6) is 5.75 Å². The predicted octanol–water partition coefficient (Wildman–Crippen LogP) is 7.05. The molecule has 0 bridgehead atoms. The van der Waals surface area contributed by atoms with Crippen molar-refractivity contribution in [3.63, 3.8) is 0 Å². The first-order valence-corrected chi connectivity index (χ1v) is 10.3. The van der Waals surface area contributed by atoms with E-state index in [1.807, 2.05) is 0 Å². The van der Waals surface area contributed by atoms with Crippen LogP contribution in [0.4, 0.5) is 39.5 Å². The third-order valence-electron chi connectivity index (χ3n) is 5.15. The van der Waals surface area contributed by atoms with Crippen molar-refractivity contribution in [2.45, 2.75) is 32.3 Å². The summed E-state index contributed by atoms with van der Waals surface area (Å²) in [5.41, 5.74) is -2.74. The molecule has 3 heterocycles. The molecule has 0 aliphatic heterocycles. The maximum atomic E-state index is 13.9. The third-order valence-corrected chi connectivity index (χ3v) is 5.15. The van der Waals surface area contributed by atoms with E-state index in [0.717, 1.165) is 12.3 Å². The highest BCUT2D eigenvalue weighted by Crippen LogP contribution is 2.41. The molecule has 4 rings (SSSR count). The minimum atomic E-state index is -5.26. The van der Waals surface area contributed by atoms with Crippen LogP contribution in [0.25, 0.3) is 28.0 Å². The Morgan fingerprint density at radius 2 is 1.46 bits per heavy atom. The van der Waals surface area contributed by atoms with E-state index in [0.29, 0.717) is 39.7 Å². The Balaban J connectivity index is 1.96. The normalized spacial score (nSPS) is 12.8. The predicted molar refractivity (Wildman–Crippen MR) is 113 cm³/mol. The van der Waals surface area contributed by atoms with Crippen molar-refractivity contribution in [1.82, 2.24) is 19.6 Å². The second-order valence-corrected chi connectivity index (χ2v) is 8.04. The molecular weight excluding hydrogens is 519 g/mol. The van der Waals surface area contributed by atoms with Crippen LogP contribution in [0, 0.1) is 13.8 Å². The van der Waals surface area contributed by atoms with Crippen molar-refractivity contribution in [2.75, 3.05) is 6.67 Å². The fraction of sp³-hybridized carbons (Fsp3) is 0.261. The van der Waals surface area contributed by atoms with Gasteiger partial charge in [0.1, 0.15) is 5.75 Å². The second-order valence-electron chi connectivity index (χ2n) is 8.04. The molecule has 37 heavy (non-hydrogen) atoms. The van der Waals surface area contributed by atoms with Gasteiger partial charge in [0.05, 0.1) is 17.5 Å². The zero-order chi connectivity index (χ0) is 27.3. The minimum Gasteiger partial charge on any atom is -0.430 e. The highest BCUT2D eigenvalue weighted by atomic mass is 19.4. The number of halogens is 9. The molecule has 0 spiro atoms. The first-order chi connectivity index (χ1) is 17.1. The summed E-state index contributed by atoms with van der Waals surface area (Å²) >= 11 is 0. The Labute approximate surface area is 202 Å². The summed E-state index contributed by atoms with van der Waals surface area (Å²) in [6.07, 6.45) is -13.7. The summed E-state index contributed by atoms with van der Waals surface area (Å²) in [6, 6.07) is 5.22. The summed E-state index contributed by atoms with van der Waals surface area (Å²) < 4.78 is 126. The van der Waals surface area contributed by atoms with Crippen LogP contribution in [0.15, 0.2) is 42.6 Å². The zero-order valence-corrected chi connectivity index (χ0v) is 18.8. The largest absolute Gasteiger partial charge is 0.433 e. The van der Waals surface area contributed by atoms with Crippen molar-refractivity contribution in [1.29, 1.82) is 0 Å². The lowest BCUT2D eigenvalue weighted by molar-refractivity contribution is -0.192. The Morgan fingerprint density at radius 3 is 2.03 bits per heavy atom. The van der Waals surface area contributed by atoms with Crippen LogP contribution in [-0.4, -0.2) is 32.4 Å². The van der Waals surface area contributed by atoms with E-state index in [-0.39, 0.29) is 11.2 Å². The molecular formula is C23H15F9N4O. The van der Waals surface area contributed by atoms with E-state index in [4.69, 9.17) is 0 Å². The van der Waals surface area contributed by atoms with Crippen LogP contribution in [0.1, 0.15) is 22.6 Å². The SMILES string of the molecule is Cc1cc(-c2cnn3c(C(F)(F)F)cc(-c4ccc(OC(F)(F)CF)c(C(F)(F)F)c4)nc23)cc(C)n1. The number of fused-ring (bicyclic) bond motifs is 1. The lowest BCUT2D eigenvalue weighted by Crippen LogP contribution is -2.28. The molecule has 0 atom stereocenters. The van der Waals surface area contributed by atoms with E-state index in [1.165, 1.54) is 0 Å². The van der Waals surface area contributed by atoms with Crippen molar-refractivity contribution >= 4 is 5.65 Å². The number of hydrogen-bond acceptors (Lipinski definition) is 4. The van der Waals surface area contributed by atoms with Gasteiger partial charge in [-0.1, -0.05) is 0 Å². The topological polar surface area (TPSA) is 52.3 Å². The maximum absolute atomic E-state index is 13.9. The highest BCUT2D eigenvalue weighted by molar-refractivity contribution is 5.79. The van der Waals surface area contributed by atoms with Crippen LogP contribution < -0.4 is 4.74 Å². The molecule has 0 saturated carbocycles. The van der Waals surface area contributed by atoms with Crippen molar-refractivity contribution < 1.29 is 44.3 Å². The van der Waals surface area contributed by atoms with Crippen molar-refractivity contribution in [3.8, 4) is 28.1 Å². The van der Waals surface area contributed by atoms with E-state index in [9.17, 15) is 39.5 Å². The lowest BCUT2D eigenvalue weighted by Gasteiger charge is -2.19. The van der Waals surface area contributed by atoms with Gasteiger partial charge in [0, 0.05) is 22.5 Å². The molecule has 5 nitrogen and oxygen atoms in total. The average molecular weight is 534 g/mol. The van der Waals surface area contributed by atoms with Gasteiger partial charge in [-0.3, -0.25) is 4.98 Å². The van der Waals surface area contributed by atoms with Gasteiger partial charge >= 0.3 is 18.5 Å². The van der Waals surface area contributed by atoms with Crippen LogP contribution in [0.3, 0.4) is 0 Å². The number of hydrogen-bond donors (Lipinski definition) is 0. The lowest BCUT2D eigenvalue weighted by atomic mass is 10.0. The monoisotopic (exact) mass is 534 g/mol. The van der Waals surface area contributed by atoms with Gasteiger partial charge in [-0.2, -0.15) is 40.2 Å². The summed E-state index contributed by atoms with van der Waals surface area (Å²) in [5.74, 6) is -1.40. The Kier molecular flexibility index (Phi) is 6.32. The van der Waals surface area contributed by atoms with E-state index >= 15 is 0 Å². The summed E-state index contributed by atoms with van der Waals surface area (Å²) in [7, 11) is 0. The molecule has 0 unspecified atom stereocenters. The number of aromatic nitrogens is 4. The van der Waals surface area contributed by atoms with Gasteiger partial charge < -0.3 is 4.74 Å². The standard InChI is InChI=1S/C23H15F9N4O/c1-11-5-14(6-12(2)34-11)15-9-33-36-19(23(30,31)32)8-17(35-20(15)36)13-3-4-18(37-21(25,26)10-24)16(7-13)22(27,28)29/h3-9H,10H2,1-2H3. The van der Waals surface area contributed by atoms with Gasteiger partial charge in [0.2, 0.25) is 0 Å². The van der Waals surface area contributed by atoms with Gasteiger partial charge in [0.15, 0.2) is 18.0 Å². The molecule has 0 aliphatic rings. The Morgan fingerprint density at radius 1 is 0.811 bits per heavy atom. The molecule has 0 radical (unpaired) electrons. The molecule has 4 aromatic rings. The van der Waals surface area contributed by atoms with Crippen LogP contribution in [-0.2, 0) is 12.4 Å². The van der Waals surface area contributed by atoms with Crippen molar-refractivity contribution in [3.05, 3.63) is 65.2 Å². The molecule has 196 valence electrons. The number of nitrogens with zero attached hydrogens (tertiary/aromatic N) is 4. The van der Waals surface area contributed by atoms with E-state index in [1.54, 1.807) is 26.0 Å². The quantitative estimate of drug-likeness (QED) is 0.258. The number of pyridine rings is 1. The first kappa shape index (κ1) is 26.2. The average Bonchev–Trinajstić information content (AvgIpc) is 3.20. The van der Waals surface area contributed by atoms with Gasteiger partial charge in [-0.05, 0) is 55.8 Å². The molecule has 3 aromatic heterocycles. The number of rotatable bonds is 5. The first-order valence-electron chi connectivity index (χ1n) is 10.3. The molecule has 1 aromatic carbocycles. The van der Waals surface area contributed by atoms with E-state index in [2.05, 4.69) is 19.8 Å². The number of alkyl halides is 9. The van der Waals surface area contributed by atoms with Gasteiger partial charge in [-0.25, -0.2) is 13.9 Å². The summed E-state index contributed by atoms with van der Waals surface area (Å²) in [5, 5.41) is 3.77. The number of aryl methyl sites for hydroxylation is 2. The summed E-state index contributed by atoms with van der Waals surface area (Å²) in [6.45, 7) is 0.936. The van der Waals surface area contributed by atoms with Crippen LogP contribution >= 0.6 is 0 Å². The third kappa shape index (κ3) is 5.32. The molecule has 0 fully saturated rings. The second kappa shape index (κ2) is 8.92. The maximum Gasteiger partial charge on any atom is 0.433 e. The molecule has 0 aliphatic carbocycles. The highest BCUT2D eigenvalue weighted by Gasteiger charge is 2.40. The summed E-state index contributed by atoms with van der Waals surface area (Å²) in [4.78, 5) is 8.32. The molecule has 14 heteroatoms. The Hall–Kier alpha value is -3.84. The number of benzene rings is 1. The fourth-order valence-electron chi connectivity index (χ4n) is 3.69. The van der Waals surface area contributed by atoms with Crippen LogP contribution in [0.2, 0.25) is 0 Å². The van der Waals surface area contributed by atoms with E-state index < -0.39 is 53.4 Å². The van der Waals surface area contributed by atoms with Gasteiger partial charge in [0.25, 0.3) is 0 Å². The Bertz CT molecular complexity index is 1460. The smallest absolute Gasteiger partial charge is 0.430 e. The molecule has 0 N–H and O–H groups in total. The van der Waals surface area contributed by atoms with Crippen molar-refractivity contribution in [2.24, 2.45) is 0 Å². The van der Waals surface area contributed by atoms with Gasteiger partial charge in [-0.15, -0.1) is 0 Å². The fourth-order valence-corrected chi connectivity index (χ4v) is 3.69. The minimum absolute atomic E-state index is 0.152. The molecule has 0 saturated heterocycles.